The minimum Gasteiger partial charge on any atom is -0.341 e. The first-order valence-corrected chi connectivity index (χ1v) is 8.34. The summed E-state index contributed by atoms with van der Waals surface area (Å²) in [4.78, 5) is 14.3. The lowest BCUT2D eigenvalue weighted by Gasteiger charge is -2.41. The Morgan fingerprint density at radius 3 is 2.24 bits per heavy atom. The van der Waals surface area contributed by atoms with Crippen molar-refractivity contribution in [2.24, 2.45) is 5.92 Å². The zero-order valence-corrected chi connectivity index (χ0v) is 14.0. The number of carbonyl (C=O) groups is 1. The van der Waals surface area contributed by atoms with Crippen molar-refractivity contribution in [2.45, 2.75) is 25.4 Å². The number of rotatable bonds is 4. The Bertz CT molecular complexity index is 719. The molecule has 25 heavy (non-hydrogen) atoms. The molecule has 1 aliphatic rings. The number of halogens is 3. The predicted octanol–water partition coefficient (Wildman–Crippen LogP) is 4.51. The van der Waals surface area contributed by atoms with Gasteiger partial charge in [-0.1, -0.05) is 42.5 Å². The maximum atomic E-state index is 12.6. The number of amides is 1. The second kappa shape index (κ2) is 6.90. The molecule has 0 bridgehead atoms. The van der Waals surface area contributed by atoms with Crippen LogP contribution in [-0.2, 0) is 17.4 Å². The van der Waals surface area contributed by atoms with E-state index in [1.54, 1.807) is 0 Å². The van der Waals surface area contributed by atoms with Crippen molar-refractivity contribution < 1.29 is 18.0 Å². The Hall–Kier alpha value is -2.30. The topological polar surface area (TPSA) is 20.3 Å². The molecule has 5 heteroatoms. The van der Waals surface area contributed by atoms with Crippen LogP contribution in [0.1, 0.15) is 29.5 Å². The van der Waals surface area contributed by atoms with Gasteiger partial charge in [-0.05, 0) is 42.5 Å². The predicted molar refractivity (Wildman–Crippen MR) is 90.1 cm³/mol. The number of likely N-dealkylation sites (tertiary alicyclic amines) is 1. The van der Waals surface area contributed by atoms with E-state index in [0.29, 0.717) is 25.4 Å². The molecule has 1 aliphatic heterocycles. The highest BCUT2D eigenvalue weighted by molar-refractivity contribution is 5.84. The Labute approximate surface area is 145 Å². The quantitative estimate of drug-likeness (QED) is 0.797. The van der Waals surface area contributed by atoms with Crippen molar-refractivity contribution >= 4 is 5.91 Å². The van der Waals surface area contributed by atoms with Gasteiger partial charge >= 0.3 is 6.18 Å². The minimum atomic E-state index is -4.30. The molecule has 1 amide bonds. The van der Waals surface area contributed by atoms with Crippen molar-refractivity contribution in [1.82, 2.24) is 4.90 Å². The van der Waals surface area contributed by atoms with E-state index in [1.807, 2.05) is 42.2 Å². The zero-order valence-electron chi connectivity index (χ0n) is 14.0. The van der Waals surface area contributed by atoms with Crippen LogP contribution in [-0.4, -0.2) is 23.9 Å². The van der Waals surface area contributed by atoms with Gasteiger partial charge in [0, 0.05) is 13.1 Å². The van der Waals surface area contributed by atoms with Crippen molar-refractivity contribution in [3.05, 3.63) is 71.3 Å². The molecule has 1 fully saturated rings. The first-order chi connectivity index (χ1) is 11.8. The monoisotopic (exact) mass is 347 g/mol. The fraction of sp³-hybridized carbons (Fsp3) is 0.350. The lowest BCUT2D eigenvalue weighted by molar-refractivity contribution is -0.139. The zero-order chi connectivity index (χ0) is 18.0. The molecule has 0 N–H and O–H groups in total. The van der Waals surface area contributed by atoms with Gasteiger partial charge in [0.1, 0.15) is 0 Å². The fourth-order valence-electron chi connectivity index (χ4n) is 3.20. The Kier molecular flexibility index (Phi) is 4.84. The van der Waals surface area contributed by atoms with Crippen LogP contribution in [0.25, 0.3) is 0 Å². The summed E-state index contributed by atoms with van der Waals surface area (Å²) in [6.07, 6.45) is -3.60. The summed E-state index contributed by atoms with van der Waals surface area (Å²) in [6, 6.07) is 14.9. The van der Waals surface area contributed by atoms with Gasteiger partial charge in [0.15, 0.2) is 0 Å². The van der Waals surface area contributed by atoms with Crippen molar-refractivity contribution in [1.29, 1.82) is 0 Å². The number of hydrogen-bond acceptors (Lipinski definition) is 1. The summed E-state index contributed by atoms with van der Waals surface area (Å²) in [5.74, 6) is 0.242. The highest BCUT2D eigenvalue weighted by atomic mass is 19.4. The summed E-state index contributed by atoms with van der Waals surface area (Å²) in [5.41, 5.74) is 1.25. The van der Waals surface area contributed by atoms with E-state index >= 15 is 0 Å². The molecular weight excluding hydrogens is 327 g/mol. The highest BCUT2D eigenvalue weighted by Gasteiger charge is 2.34. The molecule has 0 aliphatic carbocycles. The van der Waals surface area contributed by atoms with E-state index in [4.69, 9.17) is 0 Å². The van der Waals surface area contributed by atoms with E-state index in [-0.39, 0.29) is 11.8 Å². The van der Waals surface area contributed by atoms with Crippen LogP contribution in [0.15, 0.2) is 54.6 Å². The van der Waals surface area contributed by atoms with Crippen molar-refractivity contribution in [3.63, 3.8) is 0 Å². The van der Waals surface area contributed by atoms with E-state index in [9.17, 15) is 18.0 Å². The number of carbonyl (C=O) groups excluding carboxylic acids is 1. The van der Waals surface area contributed by atoms with Gasteiger partial charge in [-0.25, -0.2) is 0 Å². The number of hydrogen-bond donors (Lipinski definition) is 0. The molecule has 1 saturated heterocycles. The summed E-state index contributed by atoms with van der Waals surface area (Å²) in [7, 11) is 0. The van der Waals surface area contributed by atoms with Gasteiger partial charge in [-0.2, -0.15) is 13.2 Å². The van der Waals surface area contributed by atoms with Gasteiger partial charge in [-0.15, -0.1) is 0 Å². The third kappa shape index (κ3) is 4.03. The van der Waals surface area contributed by atoms with Crippen LogP contribution < -0.4 is 0 Å². The largest absolute Gasteiger partial charge is 0.416 e. The normalized spacial score (nSPS) is 16.4. The number of benzene rings is 2. The smallest absolute Gasteiger partial charge is 0.341 e. The van der Waals surface area contributed by atoms with Crippen LogP contribution in [0.2, 0.25) is 0 Å². The van der Waals surface area contributed by atoms with Crippen LogP contribution in [0.5, 0.6) is 0 Å². The summed E-state index contributed by atoms with van der Waals surface area (Å²) < 4.78 is 37.7. The molecule has 0 unspecified atom stereocenters. The minimum absolute atomic E-state index is 0.106. The molecule has 2 aromatic rings. The third-order valence-electron chi connectivity index (χ3n) is 4.74. The second-order valence-electron chi connectivity index (χ2n) is 6.64. The third-order valence-corrected chi connectivity index (χ3v) is 4.74. The van der Waals surface area contributed by atoms with Crippen LogP contribution in [0.3, 0.4) is 0 Å². The molecule has 0 aromatic heterocycles. The molecule has 1 atom stereocenters. The summed E-state index contributed by atoms with van der Waals surface area (Å²) in [5, 5.41) is 0. The lowest BCUT2D eigenvalue weighted by Crippen LogP contribution is -2.52. The van der Waals surface area contributed by atoms with Crippen LogP contribution in [0, 0.1) is 5.92 Å². The van der Waals surface area contributed by atoms with E-state index in [2.05, 4.69) is 0 Å². The number of alkyl halides is 3. The fourth-order valence-corrected chi connectivity index (χ4v) is 3.20. The Morgan fingerprint density at radius 1 is 1.08 bits per heavy atom. The standard InChI is InChI=1S/C20H20F3NO/c1-14(17-5-3-2-4-6-17)19(25)24-12-16(13-24)11-15-7-9-18(10-8-15)20(21,22)23/h2-10,14,16H,11-13H2,1H3/t14-/m0/s1. The van der Waals surface area contributed by atoms with Gasteiger partial charge in [0.25, 0.3) is 0 Å². The van der Waals surface area contributed by atoms with Crippen LogP contribution in [0.4, 0.5) is 13.2 Å². The Balaban J connectivity index is 1.52. The average Bonchev–Trinajstić information content (AvgIpc) is 2.57. The van der Waals surface area contributed by atoms with Crippen LogP contribution >= 0.6 is 0 Å². The van der Waals surface area contributed by atoms with Gasteiger partial charge in [0.05, 0.1) is 11.5 Å². The molecular formula is C20H20F3NO. The maximum Gasteiger partial charge on any atom is 0.416 e. The first kappa shape index (κ1) is 17.5. The highest BCUT2D eigenvalue weighted by Crippen LogP contribution is 2.30. The molecule has 2 aromatic carbocycles. The average molecular weight is 347 g/mol. The molecule has 3 rings (SSSR count). The summed E-state index contributed by atoms with van der Waals surface area (Å²) >= 11 is 0. The molecule has 132 valence electrons. The SMILES string of the molecule is C[C@H](C(=O)N1CC(Cc2ccc(C(F)(F)F)cc2)C1)c1ccccc1. The maximum absolute atomic E-state index is 12.6. The van der Waals surface area contributed by atoms with Gasteiger partial charge in [0.2, 0.25) is 5.91 Å². The molecule has 0 spiro atoms. The van der Waals surface area contributed by atoms with E-state index < -0.39 is 11.7 Å². The summed E-state index contributed by atoms with van der Waals surface area (Å²) in [6.45, 7) is 3.23. The molecule has 0 radical (unpaired) electrons. The van der Waals surface area contributed by atoms with E-state index in [0.717, 1.165) is 23.3 Å². The van der Waals surface area contributed by atoms with Gasteiger partial charge in [-0.3, -0.25) is 4.79 Å². The number of nitrogens with zero attached hydrogens (tertiary/aromatic N) is 1. The second-order valence-corrected chi connectivity index (χ2v) is 6.64. The molecule has 1 heterocycles. The molecule has 0 saturated carbocycles. The molecule has 2 nitrogen and oxygen atoms in total. The van der Waals surface area contributed by atoms with Crippen molar-refractivity contribution in [3.8, 4) is 0 Å². The van der Waals surface area contributed by atoms with Crippen molar-refractivity contribution in [2.75, 3.05) is 13.1 Å². The lowest BCUT2D eigenvalue weighted by atomic mass is 9.89. The Morgan fingerprint density at radius 2 is 1.68 bits per heavy atom. The van der Waals surface area contributed by atoms with E-state index in [1.165, 1.54) is 12.1 Å². The first-order valence-electron chi connectivity index (χ1n) is 8.34. The van der Waals surface area contributed by atoms with Gasteiger partial charge < -0.3 is 4.90 Å².